The number of hydrogen-bond acceptors (Lipinski definition) is 3. The van der Waals surface area contributed by atoms with Gasteiger partial charge in [-0.2, -0.15) is 0 Å². The predicted octanol–water partition coefficient (Wildman–Crippen LogP) is 3.20. The molecule has 0 aliphatic heterocycles. The van der Waals surface area contributed by atoms with Crippen molar-refractivity contribution in [3.63, 3.8) is 0 Å². The number of halogens is 1. The van der Waals surface area contributed by atoms with Gasteiger partial charge in [0.25, 0.3) is 0 Å². The maximum Gasteiger partial charge on any atom is 0.309 e. The molecule has 0 amide bonds. The molecule has 0 aromatic heterocycles. The zero-order valence-electron chi connectivity index (χ0n) is 10.8. The molecule has 0 saturated heterocycles. The lowest BCUT2D eigenvalue weighted by atomic mass is 10.1. The zero-order chi connectivity index (χ0) is 13.4. The molecule has 0 fully saturated rings. The molecule has 0 aliphatic carbocycles. The van der Waals surface area contributed by atoms with Crippen molar-refractivity contribution in [2.24, 2.45) is 5.92 Å². The van der Waals surface area contributed by atoms with Crippen molar-refractivity contribution in [1.82, 2.24) is 0 Å². The highest BCUT2D eigenvalue weighted by Crippen LogP contribution is 2.15. The van der Waals surface area contributed by atoms with Gasteiger partial charge >= 0.3 is 5.97 Å². The number of ether oxygens (including phenoxy) is 2. The van der Waals surface area contributed by atoms with E-state index in [9.17, 15) is 4.79 Å². The predicted molar refractivity (Wildman–Crippen MR) is 75.2 cm³/mol. The van der Waals surface area contributed by atoms with Crippen molar-refractivity contribution in [2.75, 3.05) is 19.0 Å². The SMILES string of the molecule is CCC(CBr)COc1ccc(CC(=O)OC)cc1. The molecular weight excluding hydrogens is 296 g/mol. The van der Waals surface area contributed by atoms with Gasteiger partial charge in [-0.15, -0.1) is 0 Å². The minimum Gasteiger partial charge on any atom is -0.493 e. The van der Waals surface area contributed by atoms with E-state index in [0.29, 0.717) is 18.9 Å². The van der Waals surface area contributed by atoms with Crippen LogP contribution >= 0.6 is 15.9 Å². The lowest BCUT2D eigenvalue weighted by molar-refractivity contribution is -0.139. The molecule has 0 spiro atoms. The van der Waals surface area contributed by atoms with Gasteiger partial charge in [0.15, 0.2) is 0 Å². The third-order valence-electron chi connectivity index (χ3n) is 2.78. The third-order valence-corrected chi connectivity index (χ3v) is 3.70. The summed E-state index contributed by atoms with van der Waals surface area (Å²) < 4.78 is 10.3. The highest BCUT2D eigenvalue weighted by molar-refractivity contribution is 9.09. The number of benzene rings is 1. The average molecular weight is 315 g/mol. The molecule has 3 nitrogen and oxygen atoms in total. The highest BCUT2D eigenvalue weighted by atomic mass is 79.9. The summed E-state index contributed by atoms with van der Waals surface area (Å²) in [5.41, 5.74) is 0.932. The van der Waals surface area contributed by atoms with Crippen LogP contribution in [0.5, 0.6) is 5.75 Å². The van der Waals surface area contributed by atoms with Gasteiger partial charge in [-0.05, 0) is 24.1 Å². The van der Waals surface area contributed by atoms with Crippen LogP contribution in [0, 0.1) is 5.92 Å². The van der Waals surface area contributed by atoms with E-state index >= 15 is 0 Å². The molecule has 0 saturated carbocycles. The molecule has 100 valence electrons. The molecule has 4 heteroatoms. The summed E-state index contributed by atoms with van der Waals surface area (Å²) in [6.45, 7) is 2.85. The summed E-state index contributed by atoms with van der Waals surface area (Å²) in [6, 6.07) is 7.56. The number of hydrogen-bond donors (Lipinski definition) is 0. The Kier molecular flexibility index (Phi) is 6.80. The quantitative estimate of drug-likeness (QED) is 0.572. The van der Waals surface area contributed by atoms with Crippen LogP contribution < -0.4 is 4.74 Å². The Hall–Kier alpha value is -1.03. The van der Waals surface area contributed by atoms with Gasteiger partial charge in [0.1, 0.15) is 5.75 Å². The molecule has 1 unspecified atom stereocenters. The van der Waals surface area contributed by atoms with E-state index in [0.717, 1.165) is 23.1 Å². The minimum absolute atomic E-state index is 0.228. The Morgan fingerprint density at radius 1 is 1.33 bits per heavy atom. The number of carbonyl (C=O) groups excluding carboxylic acids is 1. The lowest BCUT2D eigenvalue weighted by Gasteiger charge is -2.13. The minimum atomic E-state index is -0.228. The first kappa shape index (κ1) is 15.0. The van der Waals surface area contributed by atoms with Crippen LogP contribution in [-0.2, 0) is 16.0 Å². The van der Waals surface area contributed by atoms with E-state index in [1.54, 1.807) is 0 Å². The van der Waals surface area contributed by atoms with E-state index < -0.39 is 0 Å². The van der Waals surface area contributed by atoms with Crippen molar-refractivity contribution >= 4 is 21.9 Å². The molecular formula is C14H19BrO3. The van der Waals surface area contributed by atoms with Crippen LogP contribution in [0.15, 0.2) is 24.3 Å². The molecule has 1 rings (SSSR count). The maximum atomic E-state index is 11.1. The Labute approximate surface area is 117 Å². The van der Waals surface area contributed by atoms with Crippen LogP contribution in [0.1, 0.15) is 18.9 Å². The standard InChI is InChI=1S/C14H19BrO3/c1-3-11(9-15)10-18-13-6-4-12(5-7-13)8-14(16)17-2/h4-7,11H,3,8-10H2,1-2H3. The third kappa shape index (κ3) is 5.08. The molecule has 0 radical (unpaired) electrons. The summed E-state index contributed by atoms with van der Waals surface area (Å²) in [4.78, 5) is 11.1. The van der Waals surface area contributed by atoms with E-state index in [2.05, 4.69) is 27.6 Å². The largest absolute Gasteiger partial charge is 0.493 e. The van der Waals surface area contributed by atoms with Crippen molar-refractivity contribution in [2.45, 2.75) is 19.8 Å². The van der Waals surface area contributed by atoms with Gasteiger partial charge in [-0.25, -0.2) is 0 Å². The molecule has 0 N–H and O–H groups in total. The number of methoxy groups -OCH3 is 1. The molecule has 1 aromatic carbocycles. The molecule has 0 aliphatic rings. The summed E-state index contributed by atoms with van der Waals surface area (Å²) in [5, 5.41) is 0.948. The number of esters is 1. The van der Waals surface area contributed by atoms with Crippen LogP contribution in [0.4, 0.5) is 0 Å². The van der Waals surface area contributed by atoms with Crippen molar-refractivity contribution < 1.29 is 14.3 Å². The summed E-state index contributed by atoms with van der Waals surface area (Å²) >= 11 is 3.46. The monoisotopic (exact) mass is 314 g/mol. The van der Waals surface area contributed by atoms with Crippen molar-refractivity contribution in [3.8, 4) is 5.75 Å². The Morgan fingerprint density at radius 3 is 2.50 bits per heavy atom. The molecule has 0 heterocycles. The van der Waals surface area contributed by atoms with Crippen LogP contribution in [-0.4, -0.2) is 25.0 Å². The van der Waals surface area contributed by atoms with Gasteiger partial charge in [-0.1, -0.05) is 35.0 Å². The first-order chi connectivity index (χ1) is 8.69. The maximum absolute atomic E-state index is 11.1. The highest BCUT2D eigenvalue weighted by Gasteiger charge is 2.06. The fourth-order valence-electron chi connectivity index (χ4n) is 1.43. The van der Waals surface area contributed by atoms with Crippen molar-refractivity contribution in [1.29, 1.82) is 0 Å². The molecule has 18 heavy (non-hydrogen) atoms. The van der Waals surface area contributed by atoms with E-state index in [-0.39, 0.29) is 5.97 Å². The Bertz CT molecular complexity index is 358. The normalized spacial score (nSPS) is 11.9. The Balaban J connectivity index is 2.47. The number of rotatable bonds is 7. The first-order valence-electron chi connectivity index (χ1n) is 6.04. The van der Waals surface area contributed by atoms with Gasteiger partial charge in [0, 0.05) is 11.2 Å². The van der Waals surface area contributed by atoms with E-state index in [1.165, 1.54) is 7.11 Å². The fourth-order valence-corrected chi connectivity index (χ4v) is 2.07. The van der Waals surface area contributed by atoms with Gasteiger partial charge < -0.3 is 9.47 Å². The molecule has 1 atom stereocenters. The lowest BCUT2D eigenvalue weighted by Crippen LogP contribution is -2.12. The summed E-state index contributed by atoms with van der Waals surface area (Å²) in [5.74, 6) is 1.14. The first-order valence-corrected chi connectivity index (χ1v) is 7.16. The van der Waals surface area contributed by atoms with E-state index in [1.807, 2.05) is 24.3 Å². The second-order valence-corrected chi connectivity index (χ2v) is 4.78. The zero-order valence-corrected chi connectivity index (χ0v) is 12.4. The van der Waals surface area contributed by atoms with Crippen LogP contribution in [0.2, 0.25) is 0 Å². The van der Waals surface area contributed by atoms with Gasteiger partial charge in [-0.3, -0.25) is 4.79 Å². The summed E-state index contributed by atoms with van der Waals surface area (Å²) in [7, 11) is 1.39. The van der Waals surface area contributed by atoms with Gasteiger partial charge in [0.2, 0.25) is 0 Å². The van der Waals surface area contributed by atoms with E-state index in [4.69, 9.17) is 4.74 Å². The average Bonchev–Trinajstić information content (AvgIpc) is 2.41. The fraction of sp³-hybridized carbons (Fsp3) is 0.500. The molecule has 0 bridgehead atoms. The van der Waals surface area contributed by atoms with Crippen molar-refractivity contribution in [3.05, 3.63) is 29.8 Å². The second-order valence-electron chi connectivity index (χ2n) is 4.14. The Morgan fingerprint density at radius 2 is 2.00 bits per heavy atom. The van der Waals surface area contributed by atoms with Gasteiger partial charge in [0.05, 0.1) is 20.1 Å². The van der Waals surface area contributed by atoms with Crippen LogP contribution in [0.3, 0.4) is 0 Å². The second kappa shape index (κ2) is 8.14. The summed E-state index contributed by atoms with van der Waals surface area (Å²) in [6.07, 6.45) is 1.39. The van der Waals surface area contributed by atoms with Crippen LogP contribution in [0.25, 0.3) is 0 Å². The number of alkyl halides is 1. The topological polar surface area (TPSA) is 35.5 Å². The molecule has 1 aromatic rings. The number of carbonyl (C=O) groups is 1. The smallest absolute Gasteiger partial charge is 0.309 e.